The molecule has 7 heteroatoms. The molecule has 1 amide bonds. The standard InChI is InChI=1S/C19H21N5O2/c1-12-17(26-14(3)20-12)18-22-21-16-11-23(19(25)13(2)24(16)18)10-9-15-7-5-4-6-8-15/h4-8,13H,9-11H2,1-3H3/t13-/m1/s1. The average Bonchev–Trinajstić information content (AvgIpc) is 3.20. The van der Waals surface area contributed by atoms with Gasteiger partial charge in [0.15, 0.2) is 17.5 Å². The van der Waals surface area contributed by atoms with Crippen LogP contribution in [0.3, 0.4) is 0 Å². The minimum absolute atomic E-state index is 0.0726. The van der Waals surface area contributed by atoms with Gasteiger partial charge in [-0.05, 0) is 25.8 Å². The largest absolute Gasteiger partial charge is 0.437 e. The summed E-state index contributed by atoms with van der Waals surface area (Å²) in [5, 5.41) is 8.58. The number of hydrogen-bond acceptors (Lipinski definition) is 5. The summed E-state index contributed by atoms with van der Waals surface area (Å²) in [7, 11) is 0. The molecule has 134 valence electrons. The van der Waals surface area contributed by atoms with E-state index in [1.807, 2.05) is 41.5 Å². The van der Waals surface area contributed by atoms with Gasteiger partial charge in [0.25, 0.3) is 0 Å². The van der Waals surface area contributed by atoms with E-state index in [-0.39, 0.29) is 11.9 Å². The highest BCUT2D eigenvalue weighted by Crippen LogP contribution is 2.30. The zero-order chi connectivity index (χ0) is 18.3. The molecular formula is C19H21N5O2. The molecule has 0 saturated heterocycles. The van der Waals surface area contributed by atoms with E-state index in [0.29, 0.717) is 30.6 Å². The molecule has 1 atom stereocenters. The van der Waals surface area contributed by atoms with Gasteiger partial charge in [-0.2, -0.15) is 0 Å². The third kappa shape index (κ3) is 2.79. The average molecular weight is 351 g/mol. The van der Waals surface area contributed by atoms with Gasteiger partial charge in [0.1, 0.15) is 6.04 Å². The lowest BCUT2D eigenvalue weighted by atomic mass is 10.1. The molecule has 0 aliphatic carbocycles. The first kappa shape index (κ1) is 16.5. The first-order valence-corrected chi connectivity index (χ1v) is 8.75. The lowest BCUT2D eigenvalue weighted by Gasteiger charge is -2.32. The second-order valence-corrected chi connectivity index (χ2v) is 6.63. The van der Waals surface area contributed by atoms with Crippen LogP contribution in [-0.2, 0) is 17.8 Å². The molecule has 0 radical (unpaired) electrons. The maximum absolute atomic E-state index is 12.9. The summed E-state index contributed by atoms with van der Waals surface area (Å²) in [5.74, 6) is 2.58. The van der Waals surface area contributed by atoms with E-state index in [1.165, 1.54) is 5.56 Å². The Balaban J connectivity index is 1.59. The Labute approximate surface area is 151 Å². The van der Waals surface area contributed by atoms with Crippen LogP contribution in [0.2, 0.25) is 0 Å². The Kier molecular flexibility index (Phi) is 4.06. The van der Waals surface area contributed by atoms with Crippen molar-refractivity contribution in [2.75, 3.05) is 6.54 Å². The lowest BCUT2D eigenvalue weighted by Crippen LogP contribution is -2.42. The summed E-state index contributed by atoms with van der Waals surface area (Å²) in [6.45, 7) is 6.66. The number of oxazole rings is 1. The van der Waals surface area contributed by atoms with Crippen molar-refractivity contribution in [3.8, 4) is 11.6 Å². The number of fused-ring (bicyclic) bond motifs is 1. The molecule has 1 aliphatic rings. The Morgan fingerprint density at radius 3 is 2.65 bits per heavy atom. The molecule has 26 heavy (non-hydrogen) atoms. The SMILES string of the molecule is Cc1nc(C)c(-c2nnc3n2[C@H](C)C(=O)N(CCc2ccccc2)C3)o1. The van der Waals surface area contributed by atoms with Crippen LogP contribution >= 0.6 is 0 Å². The Bertz CT molecular complexity index is 944. The second-order valence-electron chi connectivity index (χ2n) is 6.63. The van der Waals surface area contributed by atoms with Crippen LogP contribution in [-0.4, -0.2) is 37.1 Å². The molecule has 0 fully saturated rings. The minimum Gasteiger partial charge on any atom is -0.437 e. The fraction of sp³-hybridized carbons (Fsp3) is 0.368. The quantitative estimate of drug-likeness (QED) is 0.722. The van der Waals surface area contributed by atoms with E-state index in [0.717, 1.165) is 17.9 Å². The normalized spacial score (nSPS) is 16.8. The van der Waals surface area contributed by atoms with Crippen molar-refractivity contribution in [3.05, 3.63) is 53.3 Å². The van der Waals surface area contributed by atoms with E-state index >= 15 is 0 Å². The molecule has 0 saturated carbocycles. The number of nitrogens with zero attached hydrogens (tertiary/aromatic N) is 5. The highest BCUT2D eigenvalue weighted by molar-refractivity contribution is 5.82. The lowest BCUT2D eigenvalue weighted by molar-refractivity contribution is -0.136. The summed E-state index contributed by atoms with van der Waals surface area (Å²) >= 11 is 0. The minimum atomic E-state index is -0.371. The van der Waals surface area contributed by atoms with Crippen molar-refractivity contribution < 1.29 is 9.21 Å². The molecule has 0 bridgehead atoms. The van der Waals surface area contributed by atoms with Crippen LogP contribution in [0.15, 0.2) is 34.7 Å². The van der Waals surface area contributed by atoms with Gasteiger partial charge < -0.3 is 9.32 Å². The molecule has 0 unspecified atom stereocenters. The van der Waals surface area contributed by atoms with Gasteiger partial charge in [-0.3, -0.25) is 9.36 Å². The Morgan fingerprint density at radius 2 is 1.96 bits per heavy atom. The second kappa shape index (κ2) is 6.40. The molecule has 3 heterocycles. The molecule has 0 spiro atoms. The number of aryl methyl sites for hydroxylation is 2. The number of carbonyl (C=O) groups is 1. The summed E-state index contributed by atoms with van der Waals surface area (Å²) < 4.78 is 7.55. The molecule has 1 aliphatic heterocycles. The van der Waals surface area contributed by atoms with Gasteiger partial charge in [-0.25, -0.2) is 4.98 Å². The fourth-order valence-electron chi connectivity index (χ4n) is 3.45. The number of hydrogen-bond donors (Lipinski definition) is 0. The number of rotatable bonds is 4. The maximum Gasteiger partial charge on any atom is 0.245 e. The summed E-state index contributed by atoms with van der Waals surface area (Å²) in [4.78, 5) is 19.0. The molecular weight excluding hydrogens is 330 g/mol. The molecule has 1 aromatic carbocycles. The highest BCUT2D eigenvalue weighted by atomic mass is 16.4. The van der Waals surface area contributed by atoms with E-state index in [2.05, 4.69) is 27.3 Å². The molecule has 7 nitrogen and oxygen atoms in total. The molecule has 4 rings (SSSR count). The van der Waals surface area contributed by atoms with Gasteiger partial charge in [-0.15, -0.1) is 10.2 Å². The summed E-state index contributed by atoms with van der Waals surface area (Å²) in [6, 6.07) is 9.81. The van der Waals surface area contributed by atoms with E-state index in [9.17, 15) is 4.79 Å². The van der Waals surface area contributed by atoms with E-state index in [4.69, 9.17) is 4.42 Å². The monoisotopic (exact) mass is 351 g/mol. The predicted octanol–water partition coefficient (Wildman–Crippen LogP) is 2.70. The van der Waals surface area contributed by atoms with Crippen LogP contribution in [0.5, 0.6) is 0 Å². The topological polar surface area (TPSA) is 77.1 Å². The van der Waals surface area contributed by atoms with Gasteiger partial charge >= 0.3 is 0 Å². The predicted molar refractivity (Wildman–Crippen MR) is 95.3 cm³/mol. The smallest absolute Gasteiger partial charge is 0.245 e. The third-order valence-electron chi connectivity index (χ3n) is 4.77. The van der Waals surface area contributed by atoms with Crippen LogP contribution in [0.25, 0.3) is 11.6 Å². The zero-order valence-electron chi connectivity index (χ0n) is 15.1. The number of aromatic nitrogens is 4. The van der Waals surface area contributed by atoms with Crippen LogP contribution in [0.4, 0.5) is 0 Å². The molecule has 0 N–H and O–H groups in total. The van der Waals surface area contributed by atoms with Crippen LogP contribution < -0.4 is 0 Å². The van der Waals surface area contributed by atoms with E-state index < -0.39 is 0 Å². The maximum atomic E-state index is 12.9. The highest BCUT2D eigenvalue weighted by Gasteiger charge is 2.34. The van der Waals surface area contributed by atoms with Crippen LogP contribution in [0.1, 0.15) is 35.9 Å². The van der Waals surface area contributed by atoms with Gasteiger partial charge in [0, 0.05) is 13.5 Å². The zero-order valence-corrected chi connectivity index (χ0v) is 15.1. The van der Waals surface area contributed by atoms with Crippen molar-refractivity contribution in [1.29, 1.82) is 0 Å². The Morgan fingerprint density at radius 1 is 1.19 bits per heavy atom. The number of amides is 1. The van der Waals surface area contributed by atoms with Crippen molar-refractivity contribution >= 4 is 5.91 Å². The van der Waals surface area contributed by atoms with Gasteiger partial charge in [0.2, 0.25) is 11.7 Å². The summed E-state index contributed by atoms with van der Waals surface area (Å²) in [5.41, 5.74) is 1.97. The van der Waals surface area contributed by atoms with Crippen molar-refractivity contribution in [2.24, 2.45) is 0 Å². The molecule has 3 aromatic rings. The Hall–Kier alpha value is -2.96. The molecule has 2 aromatic heterocycles. The van der Waals surface area contributed by atoms with Crippen molar-refractivity contribution in [3.63, 3.8) is 0 Å². The van der Waals surface area contributed by atoms with Gasteiger partial charge in [0.05, 0.1) is 12.2 Å². The first-order chi connectivity index (χ1) is 12.5. The number of carbonyl (C=O) groups excluding carboxylic acids is 1. The van der Waals surface area contributed by atoms with Crippen LogP contribution in [0, 0.1) is 13.8 Å². The van der Waals surface area contributed by atoms with E-state index in [1.54, 1.807) is 6.92 Å². The third-order valence-corrected chi connectivity index (χ3v) is 4.77. The summed E-state index contributed by atoms with van der Waals surface area (Å²) in [6.07, 6.45) is 0.820. The first-order valence-electron chi connectivity index (χ1n) is 8.75. The fourth-order valence-corrected chi connectivity index (χ4v) is 3.45. The van der Waals surface area contributed by atoms with Gasteiger partial charge in [-0.1, -0.05) is 30.3 Å². The van der Waals surface area contributed by atoms with Crippen molar-refractivity contribution in [1.82, 2.24) is 24.6 Å². The van der Waals surface area contributed by atoms with Crippen molar-refractivity contribution in [2.45, 2.75) is 39.8 Å². The number of benzene rings is 1.